The normalized spacial score (nSPS) is 24.9. The number of ether oxygens (including phenoxy) is 3. The highest BCUT2D eigenvalue weighted by Crippen LogP contribution is 2.42. The molecule has 5 rings (SSSR count). The number of carbonyl (C=O) groups is 1. The van der Waals surface area contributed by atoms with Crippen LogP contribution in [0.5, 0.6) is 0 Å². The zero-order valence-corrected chi connectivity index (χ0v) is 18.3. The van der Waals surface area contributed by atoms with Gasteiger partial charge in [0.15, 0.2) is 5.60 Å². The number of halogens is 3. The first-order valence-electron chi connectivity index (χ1n) is 10.9. The molecule has 180 valence electrons. The molecule has 3 aliphatic heterocycles. The molecular formula is C25H24F3NO5. The van der Waals surface area contributed by atoms with Gasteiger partial charge in [0.25, 0.3) is 0 Å². The van der Waals surface area contributed by atoms with Gasteiger partial charge in [-0.05, 0) is 28.3 Å². The first-order valence-corrected chi connectivity index (χ1v) is 10.9. The lowest BCUT2D eigenvalue weighted by atomic mass is 9.86. The van der Waals surface area contributed by atoms with E-state index in [9.17, 15) is 23.1 Å². The van der Waals surface area contributed by atoms with Crippen LogP contribution in [-0.2, 0) is 44.3 Å². The Balaban J connectivity index is 1.43. The third kappa shape index (κ3) is 4.02. The van der Waals surface area contributed by atoms with Crippen molar-refractivity contribution in [2.24, 2.45) is 0 Å². The van der Waals surface area contributed by atoms with Crippen LogP contribution in [0.4, 0.5) is 13.2 Å². The van der Waals surface area contributed by atoms with Crippen molar-refractivity contribution in [3.8, 4) is 0 Å². The molecule has 1 saturated heterocycles. The quantitative estimate of drug-likeness (QED) is 0.692. The third-order valence-corrected chi connectivity index (χ3v) is 6.66. The van der Waals surface area contributed by atoms with Crippen LogP contribution in [0.1, 0.15) is 22.3 Å². The lowest BCUT2D eigenvalue weighted by Gasteiger charge is -2.43. The summed E-state index contributed by atoms with van der Waals surface area (Å²) in [6.45, 7) is -0.229. The second-order valence-electron chi connectivity index (χ2n) is 8.96. The highest BCUT2D eigenvalue weighted by molar-refractivity contribution is 5.92. The van der Waals surface area contributed by atoms with Crippen LogP contribution in [0, 0.1) is 0 Å². The summed E-state index contributed by atoms with van der Waals surface area (Å²) in [7, 11) is 0. The van der Waals surface area contributed by atoms with Crippen molar-refractivity contribution in [2.75, 3.05) is 19.8 Å². The molecule has 9 heteroatoms. The summed E-state index contributed by atoms with van der Waals surface area (Å²) in [4.78, 5) is 14.3. The molecule has 0 bridgehead atoms. The lowest BCUT2D eigenvalue weighted by Crippen LogP contribution is -2.64. The summed E-state index contributed by atoms with van der Waals surface area (Å²) in [6, 6.07) is 11.7. The maximum absolute atomic E-state index is 14.6. The Morgan fingerprint density at radius 1 is 1.06 bits per heavy atom. The molecule has 1 N–H and O–H groups in total. The van der Waals surface area contributed by atoms with E-state index in [1.165, 1.54) is 4.90 Å². The predicted octanol–water partition coefficient (Wildman–Crippen LogP) is 3.22. The summed E-state index contributed by atoms with van der Waals surface area (Å²) in [6.07, 6.45) is -2.54. The minimum absolute atomic E-state index is 0.0583. The van der Waals surface area contributed by atoms with Gasteiger partial charge in [-0.2, -0.15) is 13.2 Å². The zero-order valence-electron chi connectivity index (χ0n) is 18.3. The van der Waals surface area contributed by atoms with Crippen molar-refractivity contribution in [3.63, 3.8) is 0 Å². The number of ketones is 1. The number of hydrogen-bond acceptors (Lipinski definition) is 6. The first kappa shape index (κ1) is 23.0. The maximum Gasteiger partial charge on any atom is 0.407 e. The maximum atomic E-state index is 14.6. The fourth-order valence-corrected chi connectivity index (χ4v) is 4.77. The summed E-state index contributed by atoms with van der Waals surface area (Å²) >= 11 is 0. The van der Waals surface area contributed by atoms with E-state index in [-0.39, 0.29) is 32.9 Å². The van der Waals surface area contributed by atoms with E-state index in [0.29, 0.717) is 11.1 Å². The van der Waals surface area contributed by atoms with Crippen molar-refractivity contribution in [3.05, 3.63) is 83.1 Å². The molecule has 34 heavy (non-hydrogen) atoms. The molecule has 3 aliphatic rings. The van der Waals surface area contributed by atoms with E-state index in [4.69, 9.17) is 14.2 Å². The summed E-state index contributed by atoms with van der Waals surface area (Å²) < 4.78 is 59.6. The van der Waals surface area contributed by atoms with Gasteiger partial charge < -0.3 is 19.3 Å². The highest BCUT2D eigenvalue weighted by Gasteiger charge is 2.61. The standard InChI is InChI=1S/C25H24F3NO5/c26-25(27,28)22(29-11-18-3-1-2-4-19(18)12-29)24(9-10-32-14-21(24)30)34-13-17-5-7-20(8-6-17)23(31)15-33-16-23/h1-10,22,31H,11-16H2. The minimum atomic E-state index is -4.74. The number of fused-ring (bicyclic) bond motifs is 1. The molecule has 2 unspecified atom stereocenters. The van der Waals surface area contributed by atoms with Crippen molar-refractivity contribution in [1.82, 2.24) is 4.90 Å². The van der Waals surface area contributed by atoms with Crippen LogP contribution >= 0.6 is 0 Å². The Bertz CT molecular complexity index is 1070. The number of aliphatic hydroxyl groups is 1. The van der Waals surface area contributed by atoms with Gasteiger partial charge in [0.2, 0.25) is 5.78 Å². The summed E-state index contributed by atoms with van der Waals surface area (Å²) in [5.41, 5.74) is -0.482. The van der Waals surface area contributed by atoms with Gasteiger partial charge >= 0.3 is 6.18 Å². The number of alkyl halides is 3. The van der Waals surface area contributed by atoms with Crippen molar-refractivity contribution >= 4 is 5.78 Å². The van der Waals surface area contributed by atoms with Gasteiger partial charge in [-0.3, -0.25) is 9.69 Å². The monoisotopic (exact) mass is 475 g/mol. The first-order chi connectivity index (χ1) is 16.2. The zero-order chi connectivity index (χ0) is 24.0. The number of hydrogen-bond donors (Lipinski definition) is 1. The Morgan fingerprint density at radius 3 is 2.24 bits per heavy atom. The molecule has 0 aliphatic carbocycles. The summed E-state index contributed by atoms with van der Waals surface area (Å²) in [5.74, 6) is -0.786. The molecule has 2 atom stereocenters. The molecule has 2 aromatic rings. The van der Waals surface area contributed by atoms with E-state index in [2.05, 4.69) is 0 Å². The molecule has 0 amide bonds. The Hall–Kier alpha value is -2.72. The number of nitrogens with zero attached hydrogens (tertiary/aromatic N) is 1. The Morgan fingerprint density at radius 2 is 1.71 bits per heavy atom. The van der Waals surface area contributed by atoms with Gasteiger partial charge in [0.05, 0.1) is 26.1 Å². The number of rotatable bonds is 6. The van der Waals surface area contributed by atoms with E-state index in [1.807, 2.05) is 0 Å². The van der Waals surface area contributed by atoms with E-state index in [1.54, 1.807) is 48.5 Å². The molecular weight excluding hydrogens is 451 g/mol. The van der Waals surface area contributed by atoms with Crippen LogP contribution in [0.2, 0.25) is 0 Å². The molecule has 1 fully saturated rings. The van der Waals surface area contributed by atoms with Gasteiger partial charge in [0.1, 0.15) is 18.2 Å². The summed E-state index contributed by atoms with van der Waals surface area (Å²) in [5, 5.41) is 10.4. The van der Waals surface area contributed by atoms with E-state index in [0.717, 1.165) is 23.5 Å². The molecule has 0 radical (unpaired) electrons. The topological polar surface area (TPSA) is 68.2 Å². The van der Waals surface area contributed by atoms with Gasteiger partial charge in [-0.1, -0.05) is 48.5 Å². The van der Waals surface area contributed by atoms with Crippen LogP contribution in [0.3, 0.4) is 0 Å². The van der Waals surface area contributed by atoms with Gasteiger partial charge in [-0.25, -0.2) is 0 Å². The predicted molar refractivity (Wildman–Crippen MR) is 114 cm³/mol. The van der Waals surface area contributed by atoms with Crippen molar-refractivity contribution < 1.29 is 37.3 Å². The molecule has 0 aromatic heterocycles. The van der Waals surface area contributed by atoms with Crippen LogP contribution < -0.4 is 0 Å². The number of carbonyl (C=O) groups excluding carboxylic acids is 1. The Labute approximate surface area is 194 Å². The molecule has 2 aromatic carbocycles. The minimum Gasteiger partial charge on any atom is -0.494 e. The third-order valence-electron chi connectivity index (χ3n) is 6.66. The molecule has 0 saturated carbocycles. The molecule has 3 heterocycles. The second-order valence-corrected chi connectivity index (χ2v) is 8.96. The largest absolute Gasteiger partial charge is 0.494 e. The van der Waals surface area contributed by atoms with Crippen LogP contribution in [-0.4, -0.2) is 53.4 Å². The van der Waals surface area contributed by atoms with E-state index >= 15 is 0 Å². The molecule has 6 nitrogen and oxygen atoms in total. The van der Waals surface area contributed by atoms with Gasteiger partial charge in [0, 0.05) is 13.1 Å². The SMILES string of the molecule is O=C1COC=CC1(OCc1ccc(C2(O)COC2)cc1)C(N1Cc2ccccc2C1)C(F)(F)F. The van der Waals surface area contributed by atoms with E-state index < -0.39 is 35.8 Å². The van der Waals surface area contributed by atoms with Crippen molar-refractivity contribution in [1.29, 1.82) is 0 Å². The second kappa shape index (κ2) is 8.49. The number of benzene rings is 2. The average molecular weight is 475 g/mol. The highest BCUT2D eigenvalue weighted by atomic mass is 19.4. The fraction of sp³-hybridized carbons (Fsp3) is 0.400. The van der Waals surface area contributed by atoms with Crippen molar-refractivity contribution in [2.45, 2.75) is 43.1 Å². The average Bonchev–Trinajstić information content (AvgIpc) is 3.20. The van der Waals surface area contributed by atoms with Crippen LogP contribution in [0.15, 0.2) is 60.9 Å². The van der Waals surface area contributed by atoms with Gasteiger partial charge in [-0.15, -0.1) is 0 Å². The molecule has 0 spiro atoms. The smallest absolute Gasteiger partial charge is 0.407 e. The Kier molecular flexibility index (Phi) is 5.76. The number of Topliss-reactive ketones (excluding diaryl/α,β-unsaturated/α-hetero) is 1. The lowest BCUT2D eigenvalue weighted by molar-refractivity contribution is -0.237. The fourth-order valence-electron chi connectivity index (χ4n) is 4.77. The van der Waals surface area contributed by atoms with Crippen LogP contribution in [0.25, 0.3) is 0 Å².